The largest absolute Gasteiger partial charge is 1.00 e. The van der Waals surface area contributed by atoms with Gasteiger partial charge in [0.05, 0.1) is 12.7 Å². The van der Waals surface area contributed by atoms with E-state index in [1.165, 1.54) is 0 Å². The summed E-state index contributed by atoms with van der Waals surface area (Å²) in [6, 6.07) is 20.1. The lowest BCUT2D eigenvalue weighted by Gasteiger charge is -2.28. The molecule has 4 nitrogen and oxygen atoms in total. The van der Waals surface area contributed by atoms with Crippen LogP contribution < -0.4 is 26.4 Å². The van der Waals surface area contributed by atoms with E-state index in [1.54, 1.807) is 6.20 Å². The van der Waals surface area contributed by atoms with Crippen LogP contribution in [0.3, 0.4) is 0 Å². The normalized spacial score (nSPS) is 18.6. The molecule has 4 rings (SSSR count). The molecule has 0 radical (unpaired) electrons. The first-order valence-electron chi connectivity index (χ1n) is 7.81. The summed E-state index contributed by atoms with van der Waals surface area (Å²) in [5.74, 6) is 0.780. The molecule has 1 aromatic heterocycles. The predicted molar refractivity (Wildman–Crippen MR) is 100 cm³/mol. The molecule has 0 fully saturated rings. The first-order chi connectivity index (χ1) is 11.7. The Morgan fingerprint density at radius 2 is 1.80 bits per heavy atom. The molecule has 0 aliphatic carbocycles. The first-order valence-corrected chi connectivity index (χ1v) is 8.89. The van der Waals surface area contributed by atoms with Gasteiger partial charge < -0.3 is 22.1 Å². The van der Waals surface area contributed by atoms with Gasteiger partial charge >= 0.3 is 5.95 Å². The molecule has 1 aliphatic heterocycles. The van der Waals surface area contributed by atoms with Crippen molar-refractivity contribution in [3.05, 3.63) is 87.8 Å². The van der Waals surface area contributed by atoms with E-state index in [9.17, 15) is 5.11 Å². The third-order valence-electron chi connectivity index (χ3n) is 4.37. The molecule has 1 N–H and O–H groups in total. The molecule has 128 valence electrons. The van der Waals surface area contributed by atoms with Gasteiger partial charge in [-0.25, -0.2) is 9.47 Å². The van der Waals surface area contributed by atoms with E-state index in [1.807, 2.05) is 64.2 Å². The van der Waals surface area contributed by atoms with Gasteiger partial charge in [-0.2, -0.15) is 0 Å². The van der Waals surface area contributed by atoms with Crippen LogP contribution in [0.4, 0.5) is 5.95 Å². The van der Waals surface area contributed by atoms with Gasteiger partial charge in [0, 0.05) is 15.2 Å². The second kappa shape index (κ2) is 7.39. The lowest BCUT2D eigenvalue weighted by molar-refractivity contribution is -0.685. The maximum atomic E-state index is 11.6. The van der Waals surface area contributed by atoms with Crippen molar-refractivity contribution in [2.45, 2.75) is 18.8 Å². The van der Waals surface area contributed by atoms with E-state index in [-0.39, 0.29) is 17.0 Å². The Bertz CT molecular complexity index is 860. The van der Waals surface area contributed by atoms with E-state index in [2.05, 4.69) is 39.7 Å². The molecule has 0 amide bonds. The van der Waals surface area contributed by atoms with Crippen LogP contribution in [0.25, 0.3) is 0 Å². The Morgan fingerprint density at radius 1 is 1.08 bits per heavy atom. The van der Waals surface area contributed by atoms with Gasteiger partial charge in [0.15, 0.2) is 0 Å². The van der Waals surface area contributed by atoms with E-state index in [0.29, 0.717) is 13.1 Å². The fourth-order valence-corrected chi connectivity index (χ4v) is 3.52. The molecule has 0 bridgehead atoms. The molecule has 0 saturated carbocycles. The van der Waals surface area contributed by atoms with Crippen molar-refractivity contribution in [1.29, 1.82) is 0 Å². The average molecular weight is 510 g/mol. The number of hydrogen-bond acceptors (Lipinski definition) is 3. The highest BCUT2D eigenvalue weighted by molar-refractivity contribution is 14.1. The SMILES string of the molecule is OC1(c2ccc(I)cc2)C[n+]2cccnc2N1Cc1ccccc1.[Br-]. The summed E-state index contributed by atoms with van der Waals surface area (Å²) in [6.45, 7) is 1.06. The van der Waals surface area contributed by atoms with Gasteiger partial charge in [0.2, 0.25) is 5.72 Å². The molecule has 0 spiro atoms. The molecular formula is C19H17BrIN3O. The highest BCUT2D eigenvalue weighted by atomic mass is 127. The van der Waals surface area contributed by atoms with E-state index in [4.69, 9.17) is 0 Å². The van der Waals surface area contributed by atoms with Crippen molar-refractivity contribution >= 4 is 28.5 Å². The van der Waals surface area contributed by atoms with Gasteiger partial charge in [-0.1, -0.05) is 47.4 Å². The zero-order valence-electron chi connectivity index (χ0n) is 13.4. The van der Waals surface area contributed by atoms with Crippen LogP contribution in [0, 0.1) is 3.57 Å². The molecule has 6 heteroatoms. The van der Waals surface area contributed by atoms with Crippen LogP contribution in [0.5, 0.6) is 0 Å². The van der Waals surface area contributed by atoms with Crippen molar-refractivity contribution in [2.75, 3.05) is 4.90 Å². The first kappa shape index (κ1) is 18.3. The van der Waals surface area contributed by atoms with Crippen molar-refractivity contribution < 1.29 is 26.7 Å². The zero-order valence-corrected chi connectivity index (χ0v) is 17.1. The smallest absolute Gasteiger partial charge is 0.397 e. The number of halogens is 2. The van der Waals surface area contributed by atoms with Crippen LogP contribution in [0.1, 0.15) is 11.1 Å². The predicted octanol–water partition coefficient (Wildman–Crippen LogP) is -0.157. The lowest BCUT2D eigenvalue weighted by atomic mass is 10.0. The molecule has 2 aromatic carbocycles. The second-order valence-electron chi connectivity index (χ2n) is 5.94. The van der Waals surface area contributed by atoms with Crippen LogP contribution in [0.15, 0.2) is 73.1 Å². The van der Waals surface area contributed by atoms with Crippen molar-refractivity contribution in [3.63, 3.8) is 0 Å². The van der Waals surface area contributed by atoms with Crippen molar-refractivity contribution in [1.82, 2.24) is 4.98 Å². The molecule has 1 aliphatic rings. The summed E-state index contributed by atoms with van der Waals surface area (Å²) in [7, 11) is 0. The standard InChI is InChI=1S/C19H17IN3O.BrH/c20-17-9-7-16(8-10-17)19(24)14-22-12-4-11-21-18(22)23(19)13-15-5-2-1-3-6-15;/h1-12,24H,13-14H2;1H/q+1;/p-1. The number of rotatable bonds is 3. The van der Waals surface area contributed by atoms with Gasteiger partial charge in [0.25, 0.3) is 0 Å². The minimum absolute atomic E-state index is 0. The lowest BCUT2D eigenvalue weighted by Crippen LogP contribution is -3.00. The number of anilines is 1. The van der Waals surface area contributed by atoms with Crippen molar-refractivity contribution in [2.24, 2.45) is 0 Å². The Balaban J connectivity index is 0.00000182. The fourth-order valence-electron chi connectivity index (χ4n) is 3.16. The minimum Gasteiger partial charge on any atom is -1.00 e. The Kier molecular flexibility index (Phi) is 5.41. The van der Waals surface area contributed by atoms with E-state index >= 15 is 0 Å². The zero-order chi connectivity index (χ0) is 16.6. The minimum atomic E-state index is -1.11. The monoisotopic (exact) mass is 509 g/mol. The van der Waals surface area contributed by atoms with Crippen LogP contribution in [-0.4, -0.2) is 10.1 Å². The molecule has 0 saturated heterocycles. The van der Waals surface area contributed by atoms with E-state index in [0.717, 1.165) is 20.6 Å². The Hall–Kier alpha value is -1.51. The Morgan fingerprint density at radius 3 is 2.52 bits per heavy atom. The summed E-state index contributed by atoms with van der Waals surface area (Å²) in [6.07, 6.45) is 3.73. The highest BCUT2D eigenvalue weighted by Crippen LogP contribution is 2.35. The third kappa shape index (κ3) is 3.43. The number of benzene rings is 2. The van der Waals surface area contributed by atoms with Gasteiger partial charge in [-0.3, -0.25) is 0 Å². The maximum Gasteiger partial charge on any atom is 0.397 e. The number of fused-ring (bicyclic) bond motifs is 1. The summed E-state index contributed by atoms with van der Waals surface area (Å²) in [5, 5.41) is 11.6. The maximum absolute atomic E-state index is 11.6. The third-order valence-corrected chi connectivity index (χ3v) is 5.09. The van der Waals surface area contributed by atoms with E-state index < -0.39 is 5.72 Å². The van der Waals surface area contributed by atoms with Gasteiger partial charge in [-0.15, -0.1) is 0 Å². The molecule has 3 aromatic rings. The van der Waals surface area contributed by atoms with Gasteiger partial charge in [-0.05, 0) is 40.3 Å². The molecule has 1 unspecified atom stereocenters. The number of nitrogens with zero attached hydrogens (tertiary/aromatic N) is 3. The number of aromatic nitrogens is 2. The Labute approximate surface area is 171 Å². The molecule has 25 heavy (non-hydrogen) atoms. The second-order valence-corrected chi connectivity index (χ2v) is 7.19. The summed E-state index contributed by atoms with van der Waals surface area (Å²) in [4.78, 5) is 6.48. The summed E-state index contributed by atoms with van der Waals surface area (Å²) >= 11 is 2.28. The highest BCUT2D eigenvalue weighted by Gasteiger charge is 2.51. The number of aliphatic hydroxyl groups is 1. The van der Waals surface area contributed by atoms with Crippen LogP contribution >= 0.6 is 22.6 Å². The molecule has 2 heterocycles. The van der Waals surface area contributed by atoms with Crippen LogP contribution in [-0.2, 0) is 18.8 Å². The fraction of sp³-hybridized carbons (Fsp3) is 0.158. The quantitative estimate of drug-likeness (QED) is 0.394. The number of hydrogen-bond donors (Lipinski definition) is 1. The molecule has 1 atom stereocenters. The van der Waals surface area contributed by atoms with Gasteiger partial charge in [0.1, 0.15) is 12.7 Å². The average Bonchev–Trinajstić information content (AvgIpc) is 2.90. The van der Waals surface area contributed by atoms with Crippen LogP contribution in [0.2, 0.25) is 0 Å². The molecular weight excluding hydrogens is 493 g/mol. The topological polar surface area (TPSA) is 40.2 Å². The summed E-state index contributed by atoms with van der Waals surface area (Å²) < 4.78 is 3.15. The van der Waals surface area contributed by atoms with Crippen molar-refractivity contribution in [3.8, 4) is 0 Å². The summed E-state index contributed by atoms with van der Waals surface area (Å²) in [5.41, 5.74) is 0.909.